The van der Waals surface area contributed by atoms with Crippen molar-refractivity contribution >= 4 is 28.5 Å². The lowest BCUT2D eigenvalue weighted by atomic mass is 10.0. The molecule has 8 heteroatoms. The van der Waals surface area contributed by atoms with Gasteiger partial charge in [0.1, 0.15) is 11.5 Å². The fourth-order valence-corrected chi connectivity index (χ4v) is 4.93. The standard InChI is InChI=1S/C28H31N5O3/c1-16(2)33-26-22(15-29-33)21(14-24(30-26)20-13-18(4)36-19(20)5)27(34)31-23-10-8-9-17(3)25(23)28(35)32-11-6-7-12-32/h8-10,13-16H,6-7,11-12H2,1-5H3,(H,31,34). The lowest BCUT2D eigenvalue weighted by Crippen LogP contribution is -2.29. The smallest absolute Gasteiger partial charge is 0.256 e. The minimum atomic E-state index is -0.314. The molecule has 0 bridgehead atoms. The SMILES string of the molecule is Cc1cc(-c2cc(C(=O)Nc3cccc(C)c3C(=O)N3CCCC3)c3cnn(C(C)C)c3n2)c(C)o1. The fraction of sp³-hybridized carbons (Fsp3) is 0.357. The van der Waals surface area contributed by atoms with Crippen LogP contribution in [-0.2, 0) is 0 Å². The van der Waals surface area contributed by atoms with E-state index < -0.39 is 0 Å². The summed E-state index contributed by atoms with van der Waals surface area (Å²) in [6, 6.07) is 9.31. The number of anilines is 1. The number of aryl methyl sites for hydroxylation is 3. The van der Waals surface area contributed by atoms with E-state index in [0.29, 0.717) is 33.5 Å². The van der Waals surface area contributed by atoms with Gasteiger partial charge in [-0.2, -0.15) is 5.10 Å². The second-order valence-electron chi connectivity index (χ2n) is 9.75. The molecule has 0 aliphatic carbocycles. The monoisotopic (exact) mass is 485 g/mol. The first-order valence-corrected chi connectivity index (χ1v) is 12.4. The summed E-state index contributed by atoms with van der Waals surface area (Å²) >= 11 is 0. The molecule has 0 unspecified atom stereocenters. The number of nitrogens with one attached hydrogen (secondary N) is 1. The van der Waals surface area contributed by atoms with E-state index in [2.05, 4.69) is 10.4 Å². The van der Waals surface area contributed by atoms with Gasteiger partial charge in [0.15, 0.2) is 5.65 Å². The Kier molecular flexibility index (Phi) is 6.12. The van der Waals surface area contributed by atoms with Crippen molar-refractivity contribution in [2.24, 2.45) is 0 Å². The van der Waals surface area contributed by atoms with Gasteiger partial charge in [0.25, 0.3) is 11.8 Å². The van der Waals surface area contributed by atoms with E-state index in [-0.39, 0.29) is 17.9 Å². The van der Waals surface area contributed by atoms with E-state index >= 15 is 0 Å². The van der Waals surface area contributed by atoms with Gasteiger partial charge in [-0.1, -0.05) is 12.1 Å². The number of rotatable bonds is 5. The maximum absolute atomic E-state index is 13.8. The molecule has 1 aliphatic rings. The maximum atomic E-state index is 13.8. The van der Waals surface area contributed by atoms with Gasteiger partial charge in [0.2, 0.25) is 0 Å². The maximum Gasteiger partial charge on any atom is 0.256 e. The average molecular weight is 486 g/mol. The zero-order valence-electron chi connectivity index (χ0n) is 21.4. The van der Waals surface area contributed by atoms with Gasteiger partial charge >= 0.3 is 0 Å². The van der Waals surface area contributed by atoms with Crippen LogP contribution in [0.25, 0.3) is 22.3 Å². The molecule has 1 saturated heterocycles. The number of carbonyl (C=O) groups is 2. The molecular formula is C28H31N5O3. The van der Waals surface area contributed by atoms with Gasteiger partial charge in [-0.05, 0) is 71.2 Å². The highest BCUT2D eigenvalue weighted by atomic mass is 16.3. The van der Waals surface area contributed by atoms with Crippen LogP contribution in [0.3, 0.4) is 0 Å². The summed E-state index contributed by atoms with van der Waals surface area (Å²) in [4.78, 5) is 33.8. The Morgan fingerprint density at radius 3 is 2.50 bits per heavy atom. The number of hydrogen-bond acceptors (Lipinski definition) is 5. The number of pyridine rings is 1. The van der Waals surface area contributed by atoms with Gasteiger partial charge in [0, 0.05) is 24.7 Å². The predicted molar refractivity (Wildman–Crippen MR) is 139 cm³/mol. The number of aromatic nitrogens is 3. The van der Waals surface area contributed by atoms with Crippen LogP contribution in [0.15, 0.2) is 40.9 Å². The summed E-state index contributed by atoms with van der Waals surface area (Å²) in [5.74, 6) is 1.15. The van der Waals surface area contributed by atoms with E-state index in [9.17, 15) is 9.59 Å². The summed E-state index contributed by atoms with van der Waals surface area (Å²) in [6.07, 6.45) is 3.69. The summed E-state index contributed by atoms with van der Waals surface area (Å²) in [5, 5.41) is 8.19. The van der Waals surface area contributed by atoms with Crippen molar-refractivity contribution in [1.29, 1.82) is 0 Å². The van der Waals surface area contributed by atoms with Crippen LogP contribution >= 0.6 is 0 Å². The van der Waals surface area contributed by atoms with Crippen LogP contribution in [0.5, 0.6) is 0 Å². The number of amides is 2. The molecule has 2 amide bonds. The van der Waals surface area contributed by atoms with Gasteiger partial charge in [-0.3, -0.25) is 9.59 Å². The van der Waals surface area contributed by atoms with Crippen LogP contribution in [0.1, 0.15) is 70.5 Å². The van der Waals surface area contributed by atoms with Crippen LogP contribution in [0.4, 0.5) is 5.69 Å². The van der Waals surface area contributed by atoms with Gasteiger partial charge in [-0.25, -0.2) is 9.67 Å². The first-order chi connectivity index (χ1) is 17.2. The molecule has 1 N–H and O–H groups in total. The van der Waals surface area contributed by atoms with Crippen molar-refractivity contribution in [3.8, 4) is 11.3 Å². The van der Waals surface area contributed by atoms with Crippen molar-refractivity contribution in [3.05, 3.63) is 64.7 Å². The first-order valence-electron chi connectivity index (χ1n) is 12.4. The molecular weight excluding hydrogens is 454 g/mol. The van der Waals surface area contributed by atoms with E-state index in [1.165, 1.54) is 0 Å². The highest BCUT2D eigenvalue weighted by Crippen LogP contribution is 2.31. The predicted octanol–water partition coefficient (Wildman–Crippen LogP) is 5.69. The Labute approximate surface area is 210 Å². The molecule has 5 rings (SSSR count). The van der Waals surface area contributed by atoms with Gasteiger partial charge in [0.05, 0.1) is 34.1 Å². The topological polar surface area (TPSA) is 93.3 Å². The van der Waals surface area contributed by atoms with Crippen LogP contribution < -0.4 is 5.32 Å². The molecule has 0 spiro atoms. The fourth-order valence-electron chi connectivity index (χ4n) is 4.93. The van der Waals surface area contributed by atoms with Crippen molar-refractivity contribution in [3.63, 3.8) is 0 Å². The molecule has 4 aromatic rings. The number of benzene rings is 1. The summed E-state index contributed by atoms with van der Waals surface area (Å²) < 4.78 is 7.55. The number of carbonyl (C=O) groups excluding carboxylic acids is 2. The Bertz CT molecular complexity index is 1470. The molecule has 186 valence electrons. The Hall–Kier alpha value is -3.94. The Balaban J connectivity index is 1.60. The molecule has 1 aromatic carbocycles. The van der Waals surface area contributed by atoms with Gasteiger partial charge in [-0.15, -0.1) is 0 Å². The van der Waals surface area contributed by atoms with Crippen molar-refractivity contribution in [2.75, 3.05) is 18.4 Å². The minimum absolute atomic E-state index is 0.0430. The molecule has 4 heterocycles. The zero-order chi connectivity index (χ0) is 25.6. The quantitative estimate of drug-likeness (QED) is 0.392. The second kappa shape index (κ2) is 9.26. The first kappa shape index (κ1) is 23.8. The summed E-state index contributed by atoms with van der Waals surface area (Å²) in [5.41, 5.74) is 4.43. The molecule has 8 nitrogen and oxygen atoms in total. The van der Waals surface area contributed by atoms with E-state index in [0.717, 1.165) is 48.6 Å². The minimum Gasteiger partial charge on any atom is -0.466 e. The molecule has 0 atom stereocenters. The molecule has 0 radical (unpaired) electrons. The zero-order valence-corrected chi connectivity index (χ0v) is 21.4. The lowest BCUT2D eigenvalue weighted by molar-refractivity contribution is 0.0793. The van der Waals surface area contributed by atoms with Crippen LogP contribution in [0.2, 0.25) is 0 Å². The van der Waals surface area contributed by atoms with Crippen LogP contribution in [-0.4, -0.2) is 44.6 Å². The number of nitrogens with zero attached hydrogens (tertiary/aromatic N) is 4. The third-order valence-corrected chi connectivity index (χ3v) is 6.75. The number of fused-ring (bicyclic) bond motifs is 1. The van der Waals surface area contributed by atoms with E-state index in [1.54, 1.807) is 18.3 Å². The normalized spacial score (nSPS) is 13.7. The van der Waals surface area contributed by atoms with Crippen molar-refractivity contribution in [2.45, 2.75) is 53.5 Å². The van der Waals surface area contributed by atoms with Crippen LogP contribution in [0, 0.1) is 20.8 Å². The highest BCUT2D eigenvalue weighted by Gasteiger charge is 2.26. The van der Waals surface area contributed by atoms with Crippen molar-refractivity contribution < 1.29 is 14.0 Å². The van der Waals surface area contributed by atoms with Crippen molar-refractivity contribution in [1.82, 2.24) is 19.7 Å². The third-order valence-electron chi connectivity index (χ3n) is 6.75. The molecule has 36 heavy (non-hydrogen) atoms. The van der Waals surface area contributed by atoms with E-state index in [4.69, 9.17) is 9.40 Å². The summed E-state index contributed by atoms with van der Waals surface area (Å²) in [6.45, 7) is 11.2. The average Bonchev–Trinajstić information content (AvgIpc) is 3.58. The molecule has 3 aromatic heterocycles. The molecule has 1 aliphatic heterocycles. The largest absolute Gasteiger partial charge is 0.466 e. The van der Waals surface area contributed by atoms with E-state index in [1.807, 2.05) is 62.4 Å². The molecule has 0 saturated carbocycles. The number of furan rings is 1. The highest BCUT2D eigenvalue weighted by molar-refractivity contribution is 6.15. The van der Waals surface area contributed by atoms with Gasteiger partial charge < -0.3 is 14.6 Å². The summed E-state index contributed by atoms with van der Waals surface area (Å²) in [7, 11) is 0. The Morgan fingerprint density at radius 2 is 1.83 bits per heavy atom. The lowest BCUT2D eigenvalue weighted by Gasteiger charge is -2.20. The second-order valence-corrected chi connectivity index (χ2v) is 9.75. The third kappa shape index (κ3) is 4.17. The molecule has 1 fully saturated rings. The Morgan fingerprint density at radius 1 is 1.08 bits per heavy atom. The number of likely N-dealkylation sites (tertiary alicyclic amines) is 1. The number of hydrogen-bond donors (Lipinski definition) is 1.